The van der Waals surface area contributed by atoms with Gasteiger partial charge in [-0.2, -0.15) is 0 Å². The van der Waals surface area contributed by atoms with Gasteiger partial charge in [0.05, 0.1) is 18.3 Å². The van der Waals surface area contributed by atoms with Crippen molar-refractivity contribution in [3.8, 4) is 0 Å². The predicted molar refractivity (Wildman–Crippen MR) is 87.0 cm³/mol. The third kappa shape index (κ3) is 4.42. The van der Waals surface area contributed by atoms with Crippen molar-refractivity contribution >= 4 is 11.6 Å². The van der Waals surface area contributed by atoms with Crippen LogP contribution in [0.3, 0.4) is 0 Å². The first-order valence-electron chi connectivity index (χ1n) is 8.42. The lowest BCUT2D eigenvalue weighted by atomic mass is 10.2. The summed E-state index contributed by atoms with van der Waals surface area (Å²) in [5.41, 5.74) is 0.416. The number of amides is 1. The maximum atomic E-state index is 13.8. The van der Waals surface area contributed by atoms with E-state index in [9.17, 15) is 13.6 Å². The van der Waals surface area contributed by atoms with Crippen molar-refractivity contribution < 1.29 is 18.3 Å². The lowest BCUT2D eigenvalue weighted by Crippen LogP contribution is -2.50. The Bertz CT molecular complexity index is 571. The van der Waals surface area contributed by atoms with Gasteiger partial charge in [-0.1, -0.05) is 0 Å². The average Bonchev–Trinajstić information content (AvgIpc) is 3.07. The van der Waals surface area contributed by atoms with Gasteiger partial charge in [0, 0.05) is 45.4 Å². The highest BCUT2D eigenvalue weighted by molar-refractivity contribution is 5.78. The number of benzene rings is 1. The first kappa shape index (κ1) is 17.1. The fourth-order valence-electron chi connectivity index (χ4n) is 3.18. The molecule has 0 aromatic heterocycles. The summed E-state index contributed by atoms with van der Waals surface area (Å²) < 4.78 is 32.3. The third-order valence-corrected chi connectivity index (χ3v) is 4.54. The van der Waals surface area contributed by atoms with Crippen LogP contribution in [-0.2, 0) is 9.53 Å². The molecule has 2 aliphatic rings. The van der Waals surface area contributed by atoms with Gasteiger partial charge in [0.25, 0.3) is 0 Å². The Morgan fingerprint density at radius 1 is 1.25 bits per heavy atom. The highest BCUT2D eigenvalue weighted by atomic mass is 19.1. The molecule has 132 valence electrons. The van der Waals surface area contributed by atoms with Crippen molar-refractivity contribution in [3.05, 3.63) is 29.8 Å². The van der Waals surface area contributed by atoms with Gasteiger partial charge < -0.3 is 15.0 Å². The van der Waals surface area contributed by atoms with Crippen molar-refractivity contribution in [2.45, 2.75) is 18.9 Å². The molecule has 0 saturated carbocycles. The molecular formula is C17H23F2N3O2. The molecule has 1 aromatic carbocycles. The van der Waals surface area contributed by atoms with Crippen LogP contribution in [0.4, 0.5) is 14.5 Å². The average molecular weight is 339 g/mol. The van der Waals surface area contributed by atoms with E-state index in [-0.39, 0.29) is 12.0 Å². The fourth-order valence-corrected chi connectivity index (χ4v) is 3.18. The Kier molecular flexibility index (Phi) is 5.63. The number of halogens is 2. The highest BCUT2D eigenvalue weighted by Crippen LogP contribution is 2.21. The van der Waals surface area contributed by atoms with E-state index in [1.165, 1.54) is 12.1 Å². The monoisotopic (exact) mass is 339 g/mol. The summed E-state index contributed by atoms with van der Waals surface area (Å²) in [5.74, 6) is -1.12. The first-order valence-corrected chi connectivity index (χ1v) is 8.42. The van der Waals surface area contributed by atoms with Crippen molar-refractivity contribution in [1.29, 1.82) is 0 Å². The molecule has 7 heteroatoms. The molecule has 1 unspecified atom stereocenters. The number of carbonyl (C=O) groups excluding carboxylic acids is 1. The fraction of sp³-hybridized carbons (Fsp3) is 0.588. The SMILES string of the molecule is O=C(CN1CCN(c2ccc(F)cc2F)CC1)NCC1CCCO1. The molecule has 0 spiro atoms. The second-order valence-electron chi connectivity index (χ2n) is 6.30. The number of nitrogens with zero attached hydrogens (tertiary/aromatic N) is 2. The molecule has 1 amide bonds. The molecule has 3 rings (SSSR count). The van der Waals surface area contributed by atoms with Crippen molar-refractivity contribution in [3.63, 3.8) is 0 Å². The second-order valence-corrected chi connectivity index (χ2v) is 6.30. The van der Waals surface area contributed by atoms with E-state index >= 15 is 0 Å². The molecule has 2 aliphatic heterocycles. The van der Waals surface area contributed by atoms with Crippen LogP contribution in [0.5, 0.6) is 0 Å². The molecular weight excluding hydrogens is 316 g/mol. The number of carbonyl (C=O) groups is 1. The topological polar surface area (TPSA) is 44.8 Å². The summed E-state index contributed by atoms with van der Waals surface area (Å²) in [6.07, 6.45) is 2.21. The first-order chi connectivity index (χ1) is 11.6. The van der Waals surface area contributed by atoms with Crippen LogP contribution in [0.1, 0.15) is 12.8 Å². The molecule has 5 nitrogen and oxygen atoms in total. The summed E-state index contributed by atoms with van der Waals surface area (Å²) >= 11 is 0. The van der Waals surface area contributed by atoms with Gasteiger partial charge in [0.1, 0.15) is 11.6 Å². The van der Waals surface area contributed by atoms with Crippen LogP contribution in [0.2, 0.25) is 0 Å². The third-order valence-electron chi connectivity index (χ3n) is 4.54. The highest BCUT2D eigenvalue weighted by Gasteiger charge is 2.22. The molecule has 24 heavy (non-hydrogen) atoms. The van der Waals surface area contributed by atoms with E-state index in [0.717, 1.165) is 25.5 Å². The second kappa shape index (κ2) is 7.90. The Hall–Kier alpha value is -1.73. The van der Waals surface area contributed by atoms with Gasteiger partial charge in [-0.25, -0.2) is 8.78 Å². The normalized spacial score (nSPS) is 21.9. The quantitative estimate of drug-likeness (QED) is 0.880. The van der Waals surface area contributed by atoms with Gasteiger partial charge in [-0.05, 0) is 25.0 Å². The van der Waals surface area contributed by atoms with Gasteiger partial charge in [0.2, 0.25) is 5.91 Å². The van der Waals surface area contributed by atoms with Crippen molar-refractivity contribution in [2.75, 3.05) is 50.8 Å². The number of rotatable bonds is 5. The zero-order valence-corrected chi connectivity index (χ0v) is 13.6. The number of anilines is 1. The Labute approximate surface area is 140 Å². The van der Waals surface area contributed by atoms with Crippen LogP contribution in [0, 0.1) is 11.6 Å². The van der Waals surface area contributed by atoms with Crippen molar-refractivity contribution in [1.82, 2.24) is 10.2 Å². The van der Waals surface area contributed by atoms with Crippen LogP contribution in [0.15, 0.2) is 18.2 Å². The lowest BCUT2D eigenvalue weighted by Gasteiger charge is -2.35. The standard InChI is InChI=1S/C17H23F2N3O2/c18-13-3-4-16(15(19)10-13)22-7-5-21(6-8-22)12-17(23)20-11-14-2-1-9-24-14/h3-4,10,14H,1-2,5-9,11-12H2,(H,20,23). The van der Waals surface area contributed by atoms with Crippen LogP contribution in [-0.4, -0.2) is 62.8 Å². The summed E-state index contributed by atoms with van der Waals surface area (Å²) in [6.45, 7) is 4.26. The predicted octanol–water partition coefficient (Wildman–Crippen LogP) is 1.38. The lowest BCUT2D eigenvalue weighted by molar-refractivity contribution is -0.122. The zero-order chi connectivity index (χ0) is 16.9. The molecule has 0 radical (unpaired) electrons. The number of ether oxygens (including phenoxy) is 1. The van der Waals surface area contributed by atoms with E-state index in [0.29, 0.717) is 45.0 Å². The molecule has 2 saturated heterocycles. The van der Waals surface area contributed by atoms with Crippen LogP contribution in [0.25, 0.3) is 0 Å². The summed E-state index contributed by atoms with van der Waals surface area (Å²) in [7, 11) is 0. The summed E-state index contributed by atoms with van der Waals surface area (Å²) in [4.78, 5) is 15.9. The van der Waals surface area contributed by atoms with Gasteiger partial charge in [0.15, 0.2) is 0 Å². The smallest absolute Gasteiger partial charge is 0.234 e. The largest absolute Gasteiger partial charge is 0.376 e. The zero-order valence-electron chi connectivity index (χ0n) is 13.6. The number of piperazine rings is 1. The molecule has 2 heterocycles. The molecule has 1 atom stereocenters. The molecule has 2 fully saturated rings. The summed E-state index contributed by atoms with van der Waals surface area (Å²) in [5, 5.41) is 2.91. The number of nitrogens with one attached hydrogen (secondary N) is 1. The minimum atomic E-state index is -0.571. The Balaban J connectivity index is 1.42. The Morgan fingerprint density at radius 3 is 2.71 bits per heavy atom. The van der Waals surface area contributed by atoms with Gasteiger partial charge in [-0.3, -0.25) is 9.69 Å². The Morgan fingerprint density at radius 2 is 2.04 bits per heavy atom. The van der Waals surface area contributed by atoms with Crippen LogP contribution < -0.4 is 10.2 Å². The minimum absolute atomic E-state index is 0.00749. The molecule has 1 aromatic rings. The van der Waals surface area contributed by atoms with Gasteiger partial charge >= 0.3 is 0 Å². The maximum Gasteiger partial charge on any atom is 0.234 e. The van der Waals surface area contributed by atoms with Crippen molar-refractivity contribution in [2.24, 2.45) is 0 Å². The van der Waals surface area contributed by atoms with E-state index < -0.39 is 11.6 Å². The van der Waals surface area contributed by atoms with E-state index in [4.69, 9.17) is 4.74 Å². The maximum absolute atomic E-state index is 13.8. The van der Waals surface area contributed by atoms with Crippen LogP contribution >= 0.6 is 0 Å². The number of hydrogen-bond donors (Lipinski definition) is 1. The molecule has 0 bridgehead atoms. The minimum Gasteiger partial charge on any atom is -0.376 e. The van der Waals surface area contributed by atoms with E-state index in [1.54, 1.807) is 0 Å². The van der Waals surface area contributed by atoms with Gasteiger partial charge in [-0.15, -0.1) is 0 Å². The van der Waals surface area contributed by atoms with E-state index in [1.807, 2.05) is 9.80 Å². The van der Waals surface area contributed by atoms with E-state index in [2.05, 4.69) is 5.32 Å². The number of hydrogen-bond acceptors (Lipinski definition) is 4. The molecule has 0 aliphatic carbocycles. The summed E-state index contributed by atoms with van der Waals surface area (Å²) in [6, 6.07) is 3.64. The molecule has 1 N–H and O–H groups in total.